The summed E-state index contributed by atoms with van der Waals surface area (Å²) in [5.41, 5.74) is 1.19. The van der Waals surface area contributed by atoms with E-state index < -0.39 is 0 Å². The molecule has 0 unspecified atom stereocenters. The molecule has 5 heteroatoms. The average Bonchev–Trinajstić information content (AvgIpc) is 3.07. The summed E-state index contributed by atoms with van der Waals surface area (Å²) in [5, 5.41) is 3.05. The highest BCUT2D eigenvalue weighted by Crippen LogP contribution is 2.31. The number of carbonyl (C=O) groups excluding carboxylic acids is 1. The Hall–Kier alpha value is -1.43. The number of ether oxygens (including phenoxy) is 2. The van der Waals surface area contributed by atoms with Gasteiger partial charge in [0.15, 0.2) is 0 Å². The molecule has 1 aromatic rings. The van der Waals surface area contributed by atoms with Gasteiger partial charge in [-0.05, 0) is 32.3 Å². The lowest BCUT2D eigenvalue weighted by Crippen LogP contribution is -2.54. The number of amides is 1. The van der Waals surface area contributed by atoms with Crippen LogP contribution in [0.2, 0.25) is 0 Å². The van der Waals surface area contributed by atoms with Gasteiger partial charge in [0.25, 0.3) is 0 Å². The summed E-state index contributed by atoms with van der Waals surface area (Å²) >= 11 is 0. The molecule has 0 spiro atoms. The molecule has 3 atom stereocenters. The number of hydrogen-bond acceptors (Lipinski definition) is 4. The summed E-state index contributed by atoms with van der Waals surface area (Å²) in [6.07, 6.45) is 2.08. The van der Waals surface area contributed by atoms with E-state index in [2.05, 4.69) is 22.3 Å². The first kappa shape index (κ1) is 18.4. The predicted octanol–water partition coefficient (Wildman–Crippen LogP) is 2.21. The van der Waals surface area contributed by atoms with Gasteiger partial charge in [-0.3, -0.25) is 9.69 Å². The van der Waals surface area contributed by atoms with Crippen LogP contribution >= 0.6 is 0 Å². The van der Waals surface area contributed by atoms with Gasteiger partial charge in [-0.1, -0.05) is 30.3 Å². The van der Waals surface area contributed by atoms with Crippen LogP contribution in [-0.2, 0) is 20.9 Å². The summed E-state index contributed by atoms with van der Waals surface area (Å²) in [6.45, 7) is 7.78. The number of likely N-dealkylation sites (tertiary alicyclic amines) is 1. The Morgan fingerprint density at radius 1 is 1.36 bits per heavy atom. The molecule has 1 N–H and O–H groups in total. The number of carbonyl (C=O) groups is 1. The number of rotatable bonds is 7. The van der Waals surface area contributed by atoms with Crippen LogP contribution in [0.5, 0.6) is 0 Å². The molecule has 1 aromatic carbocycles. The summed E-state index contributed by atoms with van der Waals surface area (Å²) < 4.78 is 11.7. The van der Waals surface area contributed by atoms with E-state index in [-0.39, 0.29) is 24.0 Å². The van der Waals surface area contributed by atoms with Crippen molar-refractivity contribution in [3.63, 3.8) is 0 Å². The highest BCUT2D eigenvalue weighted by molar-refractivity contribution is 5.79. The summed E-state index contributed by atoms with van der Waals surface area (Å²) in [5.74, 6) is 0.162. The third-order valence-corrected chi connectivity index (χ3v) is 5.05. The Labute approximate surface area is 150 Å². The van der Waals surface area contributed by atoms with Gasteiger partial charge in [0.1, 0.15) is 0 Å². The highest BCUT2D eigenvalue weighted by Gasteiger charge is 2.41. The molecule has 2 aliphatic rings. The van der Waals surface area contributed by atoms with Crippen molar-refractivity contribution in [1.29, 1.82) is 0 Å². The number of hydrogen-bond donors (Lipinski definition) is 1. The minimum atomic E-state index is 0.0101. The van der Waals surface area contributed by atoms with Crippen molar-refractivity contribution in [3.8, 4) is 0 Å². The average molecular weight is 346 g/mol. The van der Waals surface area contributed by atoms with Crippen LogP contribution in [0.4, 0.5) is 0 Å². The van der Waals surface area contributed by atoms with Gasteiger partial charge in [0.2, 0.25) is 5.91 Å². The van der Waals surface area contributed by atoms with Gasteiger partial charge in [-0.2, -0.15) is 0 Å². The summed E-state index contributed by atoms with van der Waals surface area (Å²) in [4.78, 5) is 14.8. The normalized spacial score (nSPS) is 26.6. The maximum absolute atomic E-state index is 12.4. The summed E-state index contributed by atoms with van der Waals surface area (Å²) in [6, 6.07) is 10.8. The van der Waals surface area contributed by atoms with Crippen LogP contribution in [0.25, 0.3) is 0 Å². The quantitative estimate of drug-likeness (QED) is 0.769. The van der Waals surface area contributed by atoms with Crippen LogP contribution in [0, 0.1) is 5.92 Å². The molecule has 0 aliphatic carbocycles. The molecule has 1 amide bonds. The van der Waals surface area contributed by atoms with Gasteiger partial charge >= 0.3 is 0 Å². The Bertz CT molecular complexity index is 549. The second-order valence-corrected chi connectivity index (χ2v) is 7.39. The Morgan fingerprint density at radius 2 is 2.16 bits per heavy atom. The molecule has 2 aliphatic heterocycles. The van der Waals surface area contributed by atoms with Crippen molar-refractivity contribution in [2.45, 2.75) is 51.5 Å². The van der Waals surface area contributed by atoms with E-state index in [0.29, 0.717) is 19.3 Å². The maximum atomic E-state index is 12.4. The number of piperidine rings is 1. The lowest BCUT2D eigenvalue weighted by atomic mass is 9.89. The number of fused-ring (bicyclic) bond motifs is 1. The number of nitrogens with zero attached hydrogens (tertiary/aromatic N) is 1. The molecule has 0 bridgehead atoms. The molecule has 2 fully saturated rings. The standard InChI is InChI=1S/C20H30N2O3/c1-15(2)21-20(23)17-12-19-18(8-10-25-19)22(13-17)9-11-24-14-16-6-4-3-5-7-16/h3-7,15,17-19H,8-14H2,1-2H3,(H,21,23)/t17-,18+,19+/m1/s1. The zero-order valence-electron chi connectivity index (χ0n) is 15.3. The van der Waals surface area contributed by atoms with Gasteiger partial charge in [0.05, 0.1) is 25.2 Å². The minimum absolute atomic E-state index is 0.0101. The monoisotopic (exact) mass is 346 g/mol. The zero-order chi connectivity index (χ0) is 17.6. The van der Waals surface area contributed by atoms with E-state index >= 15 is 0 Å². The topological polar surface area (TPSA) is 50.8 Å². The van der Waals surface area contributed by atoms with Crippen molar-refractivity contribution in [2.24, 2.45) is 5.92 Å². The van der Waals surface area contributed by atoms with E-state index in [1.165, 1.54) is 5.56 Å². The van der Waals surface area contributed by atoms with Crippen molar-refractivity contribution >= 4 is 5.91 Å². The van der Waals surface area contributed by atoms with Gasteiger partial charge < -0.3 is 14.8 Å². The third-order valence-electron chi connectivity index (χ3n) is 5.05. The van der Waals surface area contributed by atoms with Crippen molar-refractivity contribution < 1.29 is 14.3 Å². The predicted molar refractivity (Wildman–Crippen MR) is 97.2 cm³/mol. The second-order valence-electron chi connectivity index (χ2n) is 7.39. The molecule has 0 aromatic heterocycles. The number of benzene rings is 1. The van der Waals surface area contributed by atoms with E-state index in [0.717, 1.165) is 32.5 Å². The molecular formula is C20H30N2O3. The number of nitrogens with one attached hydrogen (secondary N) is 1. The largest absolute Gasteiger partial charge is 0.377 e. The molecular weight excluding hydrogens is 316 g/mol. The first-order chi connectivity index (χ1) is 12.1. The van der Waals surface area contributed by atoms with Gasteiger partial charge in [0, 0.05) is 31.8 Å². The first-order valence-electron chi connectivity index (χ1n) is 9.41. The first-order valence-corrected chi connectivity index (χ1v) is 9.41. The molecule has 0 radical (unpaired) electrons. The molecule has 2 saturated heterocycles. The van der Waals surface area contributed by atoms with Crippen LogP contribution in [0.3, 0.4) is 0 Å². The van der Waals surface area contributed by atoms with Crippen LogP contribution in [0.1, 0.15) is 32.3 Å². The lowest BCUT2D eigenvalue weighted by Gasteiger charge is -2.40. The molecule has 0 saturated carbocycles. The van der Waals surface area contributed by atoms with E-state index in [4.69, 9.17) is 9.47 Å². The molecule has 5 nitrogen and oxygen atoms in total. The van der Waals surface area contributed by atoms with Crippen molar-refractivity contribution in [2.75, 3.05) is 26.3 Å². The molecule has 25 heavy (non-hydrogen) atoms. The minimum Gasteiger partial charge on any atom is -0.377 e. The highest BCUT2D eigenvalue weighted by atomic mass is 16.5. The van der Waals surface area contributed by atoms with Crippen LogP contribution in [-0.4, -0.2) is 55.3 Å². The van der Waals surface area contributed by atoms with Crippen molar-refractivity contribution in [3.05, 3.63) is 35.9 Å². The fourth-order valence-corrected chi connectivity index (χ4v) is 3.85. The fraction of sp³-hybridized carbons (Fsp3) is 0.650. The Kier molecular flexibility index (Phi) is 6.45. The van der Waals surface area contributed by atoms with E-state index in [1.807, 2.05) is 32.0 Å². The maximum Gasteiger partial charge on any atom is 0.224 e. The second kappa shape index (κ2) is 8.79. The Balaban J connectivity index is 1.50. The molecule has 3 rings (SSSR count). The fourth-order valence-electron chi connectivity index (χ4n) is 3.85. The molecule has 2 heterocycles. The zero-order valence-corrected chi connectivity index (χ0v) is 15.3. The van der Waals surface area contributed by atoms with Gasteiger partial charge in [-0.15, -0.1) is 0 Å². The molecule has 138 valence electrons. The van der Waals surface area contributed by atoms with Crippen LogP contribution in [0.15, 0.2) is 30.3 Å². The van der Waals surface area contributed by atoms with E-state index in [9.17, 15) is 4.79 Å². The lowest BCUT2D eigenvalue weighted by molar-refractivity contribution is -0.130. The smallest absolute Gasteiger partial charge is 0.224 e. The van der Waals surface area contributed by atoms with Crippen LogP contribution < -0.4 is 5.32 Å². The van der Waals surface area contributed by atoms with E-state index in [1.54, 1.807) is 0 Å². The van der Waals surface area contributed by atoms with Gasteiger partial charge in [-0.25, -0.2) is 0 Å². The Morgan fingerprint density at radius 3 is 2.92 bits per heavy atom. The SMILES string of the molecule is CC(C)NC(=O)[C@@H]1C[C@@H]2OCC[C@@H]2N(CCOCc2ccccc2)C1. The van der Waals surface area contributed by atoms with Crippen molar-refractivity contribution in [1.82, 2.24) is 10.2 Å². The summed E-state index contributed by atoms with van der Waals surface area (Å²) in [7, 11) is 0. The third kappa shape index (κ3) is 5.03.